The van der Waals surface area contributed by atoms with Gasteiger partial charge < -0.3 is 14.2 Å². The number of para-hydroxylation sites is 1. The van der Waals surface area contributed by atoms with E-state index in [4.69, 9.17) is 19.3 Å². The van der Waals surface area contributed by atoms with Gasteiger partial charge in [0.05, 0.1) is 30.0 Å². The van der Waals surface area contributed by atoms with Crippen LogP contribution >= 0.6 is 0 Å². The number of ketones is 1. The zero-order valence-corrected chi connectivity index (χ0v) is 21.0. The highest BCUT2D eigenvalue weighted by Crippen LogP contribution is 2.35. The molecular weight excluding hydrogens is 468 g/mol. The van der Waals surface area contributed by atoms with Crippen LogP contribution in [0, 0.1) is 6.92 Å². The van der Waals surface area contributed by atoms with Crippen molar-refractivity contribution >= 4 is 17.8 Å². The first-order valence-corrected chi connectivity index (χ1v) is 11.9. The van der Waals surface area contributed by atoms with Gasteiger partial charge in [0, 0.05) is 17.3 Å². The molecule has 0 saturated heterocycles. The first kappa shape index (κ1) is 24.1. The molecule has 1 aliphatic rings. The van der Waals surface area contributed by atoms with Crippen molar-refractivity contribution in [2.24, 2.45) is 0 Å². The lowest BCUT2D eigenvalue weighted by atomic mass is 10.0. The Morgan fingerprint density at radius 3 is 2.54 bits per heavy atom. The highest BCUT2D eigenvalue weighted by molar-refractivity contribution is 6.15. The highest BCUT2D eigenvalue weighted by atomic mass is 16.5. The Kier molecular flexibility index (Phi) is 6.36. The lowest BCUT2D eigenvalue weighted by Crippen LogP contribution is -2.06. The summed E-state index contributed by atoms with van der Waals surface area (Å²) in [6, 6.07) is 20.3. The molecule has 0 spiro atoms. The average molecular weight is 495 g/mol. The van der Waals surface area contributed by atoms with E-state index in [-0.39, 0.29) is 23.2 Å². The fourth-order valence-corrected chi connectivity index (χ4v) is 4.19. The van der Waals surface area contributed by atoms with E-state index in [1.165, 1.54) is 13.2 Å². The molecule has 0 aliphatic carbocycles. The molecule has 0 unspecified atom stereocenters. The van der Waals surface area contributed by atoms with Gasteiger partial charge in [-0.2, -0.15) is 5.10 Å². The number of carbonyl (C=O) groups is 2. The summed E-state index contributed by atoms with van der Waals surface area (Å²) in [6.45, 7) is 5.97. The van der Waals surface area contributed by atoms with Crippen LogP contribution < -0.4 is 9.47 Å². The second kappa shape index (κ2) is 9.78. The molecule has 2 heterocycles. The molecule has 1 aromatic heterocycles. The van der Waals surface area contributed by atoms with E-state index < -0.39 is 5.97 Å². The number of carbonyl (C=O) groups excluding carboxylic acids is 2. The summed E-state index contributed by atoms with van der Waals surface area (Å²) in [5.74, 6) is 0.539. The quantitative estimate of drug-likeness (QED) is 0.240. The van der Waals surface area contributed by atoms with Crippen molar-refractivity contribution in [3.63, 3.8) is 0 Å². The largest absolute Gasteiger partial charge is 0.491 e. The molecule has 0 amide bonds. The van der Waals surface area contributed by atoms with Gasteiger partial charge in [-0.05, 0) is 80.9 Å². The van der Waals surface area contributed by atoms with E-state index in [1.54, 1.807) is 22.9 Å². The number of hydrogen-bond acceptors (Lipinski definition) is 6. The number of esters is 1. The number of rotatable bonds is 6. The third kappa shape index (κ3) is 4.76. The van der Waals surface area contributed by atoms with E-state index in [9.17, 15) is 9.59 Å². The van der Waals surface area contributed by atoms with Gasteiger partial charge in [0.25, 0.3) is 0 Å². The minimum atomic E-state index is -0.514. The van der Waals surface area contributed by atoms with E-state index in [0.29, 0.717) is 22.6 Å². The molecule has 4 aromatic rings. The zero-order chi connectivity index (χ0) is 26.1. The molecule has 0 radical (unpaired) electrons. The van der Waals surface area contributed by atoms with Crippen LogP contribution in [0.1, 0.15) is 45.7 Å². The van der Waals surface area contributed by atoms with Crippen molar-refractivity contribution in [2.45, 2.75) is 26.9 Å². The number of methoxy groups -OCH3 is 1. The number of benzene rings is 3. The Morgan fingerprint density at radius 1 is 1.05 bits per heavy atom. The zero-order valence-electron chi connectivity index (χ0n) is 21.0. The number of ether oxygens (including phenoxy) is 3. The van der Waals surface area contributed by atoms with Crippen LogP contribution in [0.5, 0.6) is 11.5 Å². The Labute approximate surface area is 214 Å². The lowest BCUT2D eigenvalue weighted by Gasteiger charge is -2.13. The first-order chi connectivity index (χ1) is 17.8. The summed E-state index contributed by atoms with van der Waals surface area (Å²) in [4.78, 5) is 25.1. The van der Waals surface area contributed by atoms with Crippen LogP contribution in [0.15, 0.2) is 78.7 Å². The fourth-order valence-electron chi connectivity index (χ4n) is 4.19. The number of hydrogen-bond donors (Lipinski definition) is 0. The third-order valence-corrected chi connectivity index (χ3v) is 5.95. The number of Topliss-reactive ketones (excluding diaryl/α,β-unsaturated/α-hetero) is 1. The molecule has 1 aliphatic heterocycles. The summed E-state index contributed by atoms with van der Waals surface area (Å²) in [5, 5.41) is 4.85. The maximum absolute atomic E-state index is 13.2. The van der Waals surface area contributed by atoms with Crippen LogP contribution in [0.4, 0.5) is 0 Å². The van der Waals surface area contributed by atoms with Crippen molar-refractivity contribution in [3.05, 3.63) is 101 Å². The minimum Gasteiger partial charge on any atom is -0.491 e. The van der Waals surface area contributed by atoms with Gasteiger partial charge in [-0.15, -0.1) is 0 Å². The maximum Gasteiger partial charge on any atom is 0.337 e. The molecule has 0 bridgehead atoms. The topological polar surface area (TPSA) is 79.7 Å². The predicted molar refractivity (Wildman–Crippen MR) is 140 cm³/mol. The first-order valence-electron chi connectivity index (χ1n) is 11.9. The molecule has 37 heavy (non-hydrogen) atoms. The van der Waals surface area contributed by atoms with E-state index >= 15 is 0 Å². The molecule has 0 saturated carbocycles. The van der Waals surface area contributed by atoms with Gasteiger partial charge in [-0.3, -0.25) is 4.79 Å². The molecule has 0 fully saturated rings. The number of nitrogens with zero attached hydrogens (tertiary/aromatic N) is 2. The number of allylic oxidation sites excluding steroid dienone is 1. The Bertz CT molecular complexity index is 1530. The number of fused-ring (bicyclic) bond motifs is 1. The molecule has 7 nitrogen and oxygen atoms in total. The second-order valence-electron chi connectivity index (χ2n) is 9.00. The van der Waals surface area contributed by atoms with Crippen LogP contribution in [-0.2, 0) is 4.74 Å². The monoisotopic (exact) mass is 494 g/mol. The Hall–Kier alpha value is -4.65. The summed E-state index contributed by atoms with van der Waals surface area (Å²) in [7, 11) is 1.30. The summed E-state index contributed by atoms with van der Waals surface area (Å²) < 4.78 is 18.3. The van der Waals surface area contributed by atoms with Crippen molar-refractivity contribution < 1.29 is 23.8 Å². The van der Waals surface area contributed by atoms with Gasteiger partial charge >= 0.3 is 5.97 Å². The standard InChI is InChI=1S/C30H26N2O5/c1-18(2)36-25-12-10-20(14-19(25)3)28-22(17-32(31-28)23-8-6-5-7-9-23)16-27-29(33)24-15-21(30(34)35-4)11-13-26(24)37-27/h5-18H,1-4H3. The lowest BCUT2D eigenvalue weighted by molar-refractivity contribution is 0.0600. The van der Waals surface area contributed by atoms with Gasteiger partial charge in [-0.25, -0.2) is 9.48 Å². The smallest absolute Gasteiger partial charge is 0.337 e. The summed E-state index contributed by atoms with van der Waals surface area (Å²) in [5.41, 5.74) is 4.76. The van der Waals surface area contributed by atoms with Crippen LogP contribution in [-0.4, -0.2) is 34.7 Å². The van der Waals surface area contributed by atoms with Crippen molar-refractivity contribution in [2.75, 3.05) is 7.11 Å². The molecular formula is C30H26N2O5. The molecule has 7 heteroatoms. The summed E-state index contributed by atoms with van der Waals surface area (Å²) in [6.07, 6.45) is 3.62. The highest BCUT2D eigenvalue weighted by Gasteiger charge is 2.29. The molecule has 5 rings (SSSR count). The fraction of sp³-hybridized carbons (Fsp3) is 0.167. The van der Waals surface area contributed by atoms with Gasteiger partial charge in [0.15, 0.2) is 5.76 Å². The minimum absolute atomic E-state index is 0.0639. The van der Waals surface area contributed by atoms with E-state index in [0.717, 1.165) is 22.6 Å². The molecule has 0 atom stereocenters. The Morgan fingerprint density at radius 2 is 1.84 bits per heavy atom. The second-order valence-corrected chi connectivity index (χ2v) is 9.00. The average Bonchev–Trinajstić information content (AvgIpc) is 3.46. The number of aromatic nitrogens is 2. The Balaban J connectivity index is 1.57. The molecule has 3 aromatic carbocycles. The third-order valence-electron chi connectivity index (χ3n) is 5.95. The van der Waals surface area contributed by atoms with Crippen molar-refractivity contribution in [1.29, 1.82) is 0 Å². The summed E-state index contributed by atoms with van der Waals surface area (Å²) >= 11 is 0. The van der Waals surface area contributed by atoms with E-state index in [1.807, 2.05) is 75.5 Å². The van der Waals surface area contributed by atoms with Gasteiger partial charge in [0.1, 0.15) is 17.2 Å². The van der Waals surface area contributed by atoms with Crippen molar-refractivity contribution in [1.82, 2.24) is 9.78 Å². The van der Waals surface area contributed by atoms with Crippen LogP contribution in [0.3, 0.4) is 0 Å². The van der Waals surface area contributed by atoms with Crippen LogP contribution in [0.25, 0.3) is 23.0 Å². The van der Waals surface area contributed by atoms with Crippen molar-refractivity contribution in [3.8, 4) is 28.4 Å². The maximum atomic E-state index is 13.2. The number of aryl methyl sites for hydroxylation is 1. The SMILES string of the molecule is COC(=O)c1ccc2c(c1)C(=O)C(=Cc1cn(-c3ccccc3)nc1-c1ccc(OC(C)C)c(C)c1)O2. The molecule has 186 valence electrons. The normalized spacial score (nSPS) is 13.5. The molecule has 0 N–H and O–H groups in total. The van der Waals surface area contributed by atoms with E-state index in [2.05, 4.69) is 0 Å². The van der Waals surface area contributed by atoms with Crippen LogP contribution in [0.2, 0.25) is 0 Å². The predicted octanol–water partition coefficient (Wildman–Crippen LogP) is 6.04. The van der Waals surface area contributed by atoms with Gasteiger partial charge in [-0.1, -0.05) is 18.2 Å². The van der Waals surface area contributed by atoms with Gasteiger partial charge in [0.2, 0.25) is 5.78 Å².